The fourth-order valence-corrected chi connectivity index (χ4v) is 1.25. The van der Waals surface area contributed by atoms with Gasteiger partial charge in [0, 0.05) is 24.9 Å². The molecule has 0 atom stereocenters. The average Bonchev–Trinajstić information content (AvgIpc) is 2.27. The number of rotatable bonds is 5. The van der Waals surface area contributed by atoms with Crippen molar-refractivity contribution in [3.05, 3.63) is 35.4 Å². The highest BCUT2D eigenvalue weighted by Crippen LogP contribution is 2.09. The minimum absolute atomic E-state index is 0.0618. The molecule has 1 amide bonds. The number of nitrogens with one attached hydrogen (secondary N) is 1. The van der Waals surface area contributed by atoms with Crippen LogP contribution in [0, 0.1) is 11.6 Å². The lowest BCUT2D eigenvalue weighted by molar-refractivity contribution is -0.124. The van der Waals surface area contributed by atoms with Crippen molar-refractivity contribution < 1.29 is 18.4 Å². The highest BCUT2D eigenvalue weighted by atomic mass is 19.1. The van der Waals surface area contributed by atoms with Gasteiger partial charge >= 0.3 is 0 Å². The zero-order chi connectivity index (χ0) is 12.8. The van der Waals surface area contributed by atoms with Crippen molar-refractivity contribution in [2.24, 2.45) is 0 Å². The largest absolute Gasteiger partial charge is 0.352 e. The van der Waals surface area contributed by atoms with Crippen LogP contribution in [0.5, 0.6) is 0 Å². The van der Waals surface area contributed by atoms with E-state index in [2.05, 4.69) is 5.32 Å². The predicted octanol–water partition coefficient (Wildman–Crippen LogP) is 1.95. The van der Waals surface area contributed by atoms with Gasteiger partial charge in [0.05, 0.1) is 0 Å². The van der Waals surface area contributed by atoms with E-state index in [1.807, 2.05) is 0 Å². The molecule has 0 bridgehead atoms. The third-order valence-corrected chi connectivity index (χ3v) is 2.19. The molecule has 0 saturated carbocycles. The first-order valence-electron chi connectivity index (χ1n) is 5.19. The second-order valence-electron chi connectivity index (χ2n) is 3.71. The highest BCUT2D eigenvalue weighted by Gasteiger charge is 2.07. The molecular weight excluding hydrogens is 228 g/mol. The van der Waals surface area contributed by atoms with E-state index in [-0.39, 0.29) is 36.6 Å². The molecule has 0 saturated heterocycles. The lowest BCUT2D eigenvalue weighted by Crippen LogP contribution is -2.23. The Kier molecular flexibility index (Phi) is 4.75. The van der Waals surface area contributed by atoms with Crippen molar-refractivity contribution in [2.45, 2.75) is 26.3 Å². The molecule has 0 spiro atoms. The zero-order valence-electron chi connectivity index (χ0n) is 9.43. The monoisotopic (exact) mass is 241 g/mol. The molecule has 1 aromatic rings. The van der Waals surface area contributed by atoms with E-state index in [0.717, 1.165) is 18.2 Å². The van der Waals surface area contributed by atoms with Crippen molar-refractivity contribution in [2.75, 3.05) is 0 Å². The summed E-state index contributed by atoms with van der Waals surface area (Å²) in [5, 5.41) is 2.42. The van der Waals surface area contributed by atoms with E-state index in [4.69, 9.17) is 0 Å². The smallest absolute Gasteiger partial charge is 0.220 e. The Morgan fingerprint density at radius 2 is 1.94 bits per heavy atom. The summed E-state index contributed by atoms with van der Waals surface area (Å²) in [5.41, 5.74) is 0.0844. The Morgan fingerprint density at radius 3 is 2.59 bits per heavy atom. The van der Waals surface area contributed by atoms with E-state index in [0.29, 0.717) is 0 Å². The van der Waals surface area contributed by atoms with Gasteiger partial charge in [0.25, 0.3) is 0 Å². The first-order valence-corrected chi connectivity index (χ1v) is 5.19. The van der Waals surface area contributed by atoms with E-state index in [9.17, 15) is 18.4 Å². The Balaban J connectivity index is 2.47. The Morgan fingerprint density at radius 1 is 1.24 bits per heavy atom. The molecule has 1 aromatic carbocycles. The van der Waals surface area contributed by atoms with Crippen LogP contribution in [0.25, 0.3) is 0 Å². The molecule has 0 aliphatic heterocycles. The van der Waals surface area contributed by atoms with Crippen molar-refractivity contribution >= 4 is 11.7 Å². The number of amides is 1. The number of benzene rings is 1. The molecule has 17 heavy (non-hydrogen) atoms. The second kappa shape index (κ2) is 6.08. The van der Waals surface area contributed by atoms with Crippen molar-refractivity contribution in [1.82, 2.24) is 5.32 Å². The molecule has 0 aromatic heterocycles. The van der Waals surface area contributed by atoms with Gasteiger partial charge in [-0.05, 0) is 25.1 Å². The van der Waals surface area contributed by atoms with Crippen LogP contribution in [0.1, 0.15) is 25.3 Å². The first kappa shape index (κ1) is 13.3. The van der Waals surface area contributed by atoms with Gasteiger partial charge in [0.2, 0.25) is 5.91 Å². The summed E-state index contributed by atoms with van der Waals surface area (Å²) in [6.45, 7) is 1.31. The standard InChI is InChI=1S/C12H13F2NO2/c1-8(16)2-5-12(17)15-7-9-6-10(13)3-4-11(9)14/h3-4,6H,2,5,7H2,1H3,(H,15,17). The van der Waals surface area contributed by atoms with Gasteiger partial charge in [0.15, 0.2) is 0 Å². The number of hydrogen-bond acceptors (Lipinski definition) is 2. The van der Waals surface area contributed by atoms with Crippen LogP contribution in [0.2, 0.25) is 0 Å². The Bertz CT molecular complexity index is 433. The summed E-state index contributed by atoms with van der Waals surface area (Å²) >= 11 is 0. The van der Waals surface area contributed by atoms with Gasteiger partial charge in [-0.25, -0.2) is 8.78 Å². The summed E-state index contributed by atoms with van der Waals surface area (Å²) < 4.78 is 26.0. The van der Waals surface area contributed by atoms with Crippen LogP contribution >= 0.6 is 0 Å². The topological polar surface area (TPSA) is 46.2 Å². The molecule has 92 valence electrons. The molecule has 0 heterocycles. The molecule has 3 nitrogen and oxygen atoms in total. The number of carbonyl (C=O) groups is 2. The van der Waals surface area contributed by atoms with Gasteiger partial charge in [-0.2, -0.15) is 0 Å². The maximum Gasteiger partial charge on any atom is 0.220 e. The quantitative estimate of drug-likeness (QED) is 0.856. The maximum atomic E-state index is 13.2. The van der Waals surface area contributed by atoms with Crippen LogP contribution in [0.4, 0.5) is 8.78 Å². The molecule has 5 heteroatoms. The number of Topliss-reactive ketones (excluding diaryl/α,β-unsaturated/α-hetero) is 1. The predicted molar refractivity (Wildman–Crippen MR) is 58.1 cm³/mol. The van der Waals surface area contributed by atoms with Gasteiger partial charge in [0.1, 0.15) is 17.4 Å². The van der Waals surface area contributed by atoms with Crippen LogP contribution in [0.3, 0.4) is 0 Å². The second-order valence-corrected chi connectivity index (χ2v) is 3.71. The summed E-state index contributed by atoms with van der Waals surface area (Å²) in [4.78, 5) is 21.9. The molecular formula is C12H13F2NO2. The van der Waals surface area contributed by atoms with E-state index >= 15 is 0 Å². The SMILES string of the molecule is CC(=O)CCC(=O)NCc1cc(F)ccc1F. The third-order valence-electron chi connectivity index (χ3n) is 2.19. The number of ketones is 1. The van der Waals surface area contributed by atoms with Gasteiger partial charge in [-0.1, -0.05) is 0 Å². The van der Waals surface area contributed by atoms with Gasteiger partial charge in [-0.15, -0.1) is 0 Å². The lowest BCUT2D eigenvalue weighted by atomic mass is 10.2. The van der Waals surface area contributed by atoms with Crippen LogP contribution in [-0.4, -0.2) is 11.7 Å². The van der Waals surface area contributed by atoms with E-state index < -0.39 is 11.6 Å². The molecule has 0 aliphatic rings. The maximum absolute atomic E-state index is 13.2. The first-order chi connectivity index (χ1) is 7.99. The van der Waals surface area contributed by atoms with Gasteiger partial charge in [-0.3, -0.25) is 4.79 Å². The molecule has 0 fully saturated rings. The summed E-state index contributed by atoms with van der Waals surface area (Å²) in [7, 11) is 0. The van der Waals surface area contributed by atoms with Crippen molar-refractivity contribution in [3.8, 4) is 0 Å². The number of halogens is 2. The van der Waals surface area contributed by atoms with Crippen LogP contribution in [0.15, 0.2) is 18.2 Å². The number of hydrogen-bond donors (Lipinski definition) is 1. The summed E-state index contributed by atoms with van der Waals surface area (Å²) in [6.07, 6.45) is 0.212. The van der Waals surface area contributed by atoms with Crippen molar-refractivity contribution in [1.29, 1.82) is 0 Å². The van der Waals surface area contributed by atoms with E-state index in [1.54, 1.807) is 0 Å². The van der Waals surface area contributed by atoms with Crippen LogP contribution < -0.4 is 5.32 Å². The zero-order valence-corrected chi connectivity index (χ0v) is 9.43. The van der Waals surface area contributed by atoms with Crippen LogP contribution in [-0.2, 0) is 16.1 Å². The fourth-order valence-electron chi connectivity index (χ4n) is 1.25. The average molecular weight is 241 g/mol. The summed E-state index contributed by atoms with van der Waals surface area (Å²) in [6, 6.07) is 3.05. The highest BCUT2D eigenvalue weighted by molar-refractivity contribution is 5.83. The normalized spacial score (nSPS) is 10.1. The molecule has 0 radical (unpaired) electrons. The fraction of sp³-hybridized carbons (Fsp3) is 0.333. The molecule has 1 rings (SSSR count). The Hall–Kier alpha value is -1.78. The minimum Gasteiger partial charge on any atom is -0.352 e. The Labute approximate surface area is 97.8 Å². The molecule has 0 aliphatic carbocycles. The molecule has 1 N–H and O–H groups in total. The van der Waals surface area contributed by atoms with E-state index in [1.165, 1.54) is 6.92 Å². The van der Waals surface area contributed by atoms with Crippen molar-refractivity contribution in [3.63, 3.8) is 0 Å². The molecule has 0 unspecified atom stereocenters. The van der Waals surface area contributed by atoms with Gasteiger partial charge < -0.3 is 10.1 Å². The summed E-state index contributed by atoms with van der Waals surface area (Å²) in [5.74, 6) is -1.57. The third kappa shape index (κ3) is 4.72. The lowest BCUT2D eigenvalue weighted by Gasteiger charge is -2.05. The minimum atomic E-state index is -0.571. The number of carbonyl (C=O) groups excluding carboxylic acids is 2.